The molecule has 1 rings (SSSR count). The maximum absolute atomic E-state index is 5.17. The normalized spacial score (nSPS) is 10.2. The summed E-state index contributed by atoms with van der Waals surface area (Å²) >= 11 is 0. The van der Waals surface area contributed by atoms with Crippen molar-refractivity contribution in [3.8, 4) is 0 Å². The molecule has 0 spiro atoms. The Morgan fingerprint density at radius 1 is 1.21 bits per heavy atom. The first-order valence-corrected chi connectivity index (χ1v) is 4.73. The molecule has 5 heteroatoms. The van der Waals surface area contributed by atoms with Crippen molar-refractivity contribution in [2.45, 2.75) is 20.8 Å². The van der Waals surface area contributed by atoms with E-state index in [1.165, 1.54) is 0 Å². The number of aryl methyl sites for hydroxylation is 2. The zero-order chi connectivity index (χ0) is 10.4. The number of nitrogens with one attached hydrogen (secondary N) is 1. The van der Waals surface area contributed by atoms with Gasteiger partial charge in [-0.3, -0.25) is 0 Å². The molecule has 0 unspecified atom stereocenters. The molecule has 0 radical (unpaired) electrons. The molecule has 0 aromatic carbocycles. The zero-order valence-electron chi connectivity index (χ0n) is 8.87. The van der Waals surface area contributed by atoms with Gasteiger partial charge in [0.05, 0.1) is 18.0 Å². The molecule has 14 heavy (non-hydrogen) atoms. The highest BCUT2D eigenvalue weighted by atomic mass is 16.5. The Kier molecular flexibility index (Phi) is 4.25. The minimum absolute atomic E-state index is 0.563. The fourth-order valence-electron chi connectivity index (χ4n) is 0.911. The molecule has 0 saturated carbocycles. The molecular formula is C9H16N4O. The van der Waals surface area contributed by atoms with E-state index in [1.54, 1.807) is 0 Å². The molecule has 0 saturated heterocycles. The Hall–Kier alpha value is -1.23. The number of ether oxygens (including phenoxy) is 1. The minimum Gasteiger partial charge on any atom is -0.380 e. The molecule has 0 bridgehead atoms. The first kappa shape index (κ1) is 10.8. The molecule has 0 aliphatic carbocycles. The summed E-state index contributed by atoms with van der Waals surface area (Å²) in [5, 5.41) is 10.9. The van der Waals surface area contributed by atoms with E-state index in [4.69, 9.17) is 4.74 Å². The van der Waals surface area contributed by atoms with Crippen LogP contribution < -0.4 is 5.32 Å². The van der Waals surface area contributed by atoms with E-state index in [1.807, 2.05) is 20.8 Å². The summed E-state index contributed by atoms with van der Waals surface area (Å²) < 4.78 is 5.17. The third kappa shape index (κ3) is 3.26. The van der Waals surface area contributed by atoms with Crippen molar-refractivity contribution in [2.24, 2.45) is 0 Å². The maximum atomic E-state index is 5.17. The van der Waals surface area contributed by atoms with Gasteiger partial charge in [0.25, 0.3) is 0 Å². The quantitative estimate of drug-likeness (QED) is 0.710. The van der Waals surface area contributed by atoms with Gasteiger partial charge in [0.1, 0.15) is 0 Å². The van der Waals surface area contributed by atoms with Crippen LogP contribution in [0.2, 0.25) is 0 Å². The number of nitrogens with zero attached hydrogens (tertiary/aromatic N) is 3. The van der Waals surface area contributed by atoms with Gasteiger partial charge >= 0.3 is 0 Å². The number of rotatable bonds is 5. The van der Waals surface area contributed by atoms with Crippen LogP contribution >= 0.6 is 0 Å². The van der Waals surface area contributed by atoms with Crippen LogP contribution in [-0.4, -0.2) is 34.9 Å². The van der Waals surface area contributed by atoms with E-state index < -0.39 is 0 Å². The van der Waals surface area contributed by atoms with Crippen LogP contribution in [0.15, 0.2) is 0 Å². The van der Waals surface area contributed by atoms with E-state index in [2.05, 4.69) is 20.5 Å². The molecule has 1 N–H and O–H groups in total. The largest absolute Gasteiger partial charge is 0.380 e. The van der Waals surface area contributed by atoms with E-state index in [0.717, 1.165) is 18.0 Å². The van der Waals surface area contributed by atoms with Crippen molar-refractivity contribution >= 4 is 5.95 Å². The van der Waals surface area contributed by atoms with Crippen LogP contribution in [0.25, 0.3) is 0 Å². The lowest BCUT2D eigenvalue weighted by Crippen LogP contribution is -2.12. The fraction of sp³-hybridized carbons (Fsp3) is 0.667. The van der Waals surface area contributed by atoms with Crippen LogP contribution in [-0.2, 0) is 4.74 Å². The molecule has 78 valence electrons. The molecule has 0 atom stereocenters. The van der Waals surface area contributed by atoms with Gasteiger partial charge in [0.2, 0.25) is 5.95 Å². The van der Waals surface area contributed by atoms with Crippen molar-refractivity contribution in [1.82, 2.24) is 15.2 Å². The van der Waals surface area contributed by atoms with Gasteiger partial charge < -0.3 is 10.1 Å². The van der Waals surface area contributed by atoms with Crippen molar-refractivity contribution in [3.63, 3.8) is 0 Å². The lowest BCUT2D eigenvalue weighted by atomic mass is 10.4. The second-order valence-corrected chi connectivity index (χ2v) is 2.93. The van der Waals surface area contributed by atoms with Crippen LogP contribution in [0.5, 0.6) is 0 Å². The number of hydrogen-bond acceptors (Lipinski definition) is 5. The predicted molar refractivity (Wildman–Crippen MR) is 54.3 cm³/mol. The van der Waals surface area contributed by atoms with E-state index >= 15 is 0 Å². The first-order chi connectivity index (χ1) is 6.74. The van der Waals surface area contributed by atoms with Gasteiger partial charge in [-0.2, -0.15) is 5.10 Å². The van der Waals surface area contributed by atoms with Gasteiger partial charge in [-0.15, -0.1) is 5.10 Å². The average molecular weight is 196 g/mol. The van der Waals surface area contributed by atoms with Gasteiger partial charge in [-0.05, 0) is 20.8 Å². The summed E-state index contributed by atoms with van der Waals surface area (Å²) in [6, 6.07) is 0. The van der Waals surface area contributed by atoms with Crippen LogP contribution in [0, 0.1) is 13.8 Å². The Labute approximate surface area is 83.9 Å². The van der Waals surface area contributed by atoms with Crippen molar-refractivity contribution in [1.29, 1.82) is 0 Å². The third-order valence-corrected chi connectivity index (χ3v) is 1.83. The number of aromatic nitrogens is 3. The van der Waals surface area contributed by atoms with Gasteiger partial charge in [0, 0.05) is 13.2 Å². The number of hydrogen-bond donors (Lipinski definition) is 1. The van der Waals surface area contributed by atoms with E-state index in [-0.39, 0.29) is 0 Å². The lowest BCUT2D eigenvalue weighted by molar-refractivity contribution is 0.158. The van der Waals surface area contributed by atoms with Gasteiger partial charge in [0.15, 0.2) is 0 Å². The maximum Gasteiger partial charge on any atom is 0.243 e. The van der Waals surface area contributed by atoms with Gasteiger partial charge in [-0.25, -0.2) is 4.98 Å². The summed E-state index contributed by atoms with van der Waals surface area (Å²) in [5.41, 5.74) is 1.76. The average Bonchev–Trinajstić information content (AvgIpc) is 2.18. The standard InChI is InChI=1S/C9H16N4O/c1-4-14-6-5-10-9-11-7(2)8(3)12-13-9/h4-6H2,1-3H3,(H,10,11,13). The molecule has 0 amide bonds. The third-order valence-electron chi connectivity index (χ3n) is 1.83. The monoisotopic (exact) mass is 196 g/mol. The Morgan fingerprint density at radius 2 is 2.00 bits per heavy atom. The van der Waals surface area contributed by atoms with Crippen LogP contribution in [0.3, 0.4) is 0 Å². The van der Waals surface area contributed by atoms with Crippen molar-refractivity contribution < 1.29 is 4.74 Å². The van der Waals surface area contributed by atoms with Crippen molar-refractivity contribution in [2.75, 3.05) is 25.1 Å². The Bertz CT molecular complexity index is 290. The second kappa shape index (κ2) is 5.49. The Morgan fingerprint density at radius 3 is 2.64 bits per heavy atom. The topological polar surface area (TPSA) is 59.9 Å². The zero-order valence-corrected chi connectivity index (χ0v) is 8.87. The highest BCUT2D eigenvalue weighted by Gasteiger charge is 1.99. The summed E-state index contributed by atoms with van der Waals surface area (Å²) in [5.74, 6) is 0.563. The summed E-state index contributed by atoms with van der Waals surface area (Å²) in [6.07, 6.45) is 0. The highest BCUT2D eigenvalue weighted by molar-refractivity contribution is 5.24. The number of anilines is 1. The van der Waals surface area contributed by atoms with Gasteiger partial charge in [-0.1, -0.05) is 0 Å². The Balaban J connectivity index is 2.39. The van der Waals surface area contributed by atoms with Crippen LogP contribution in [0.1, 0.15) is 18.3 Å². The highest BCUT2D eigenvalue weighted by Crippen LogP contribution is 2.00. The first-order valence-electron chi connectivity index (χ1n) is 4.73. The van der Waals surface area contributed by atoms with Crippen molar-refractivity contribution in [3.05, 3.63) is 11.4 Å². The molecule has 5 nitrogen and oxygen atoms in total. The fourth-order valence-corrected chi connectivity index (χ4v) is 0.911. The predicted octanol–water partition coefficient (Wildman–Crippen LogP) is 0.937. The summed E-state index contributed by atoms with van der Waals surface area (Å²) in [7, 11) is 0. The van der Waals surface area contributed by atoms with E-state index in [0.29, 0.717) is 19.1 Å². The lowest BCUT2D eigenvalue weighted by Gasteiger charge is -2.05. The molecular weight excluding hydrogens is 180 g/mol. The molecule has 1 heterocycles. The summed E-state index contributed by atoms with van der Waals surface area (Å²) in [4.78, 5) is 4.23. The molecule has 1 aromatic rings. The molecule has 0 aliphatic rings. The smallest absolute Gasteiger partial charge is 0.243 e. The molecule has 1 aromatic heterocycles. The second-order valence-electron chi connectivity index (χ2n) is 2.93. The SMILES string of the molecule is CCOCCNc1nnc(C)c(C)n1. The minimum atomic E-state index is 0.563. The van der Waals surface area contributed by atoms with E-state index in [9.17, 15) is 0 Å². The molecule has 0 fully saturated rings. The molecule has 0 aliphatic heterocycles. The van der Waals surface area contributed by atoms with Crippen LogP contribution in [0.4, 0.5) is 5.95 Å². The summed E-state index contributed by atoms with van der Waals surface area (Å²) in [6.45, 7) is 7.86.